The average Bonchev–Trinajstić information content (AvgIpc) is 1.99. The minimum atomic E-state index is -0.729. The predicted octanol–water partition coefficient (Wildman–Crippen LogP) is 0.536. The molecule has 0 bridgehead atoms. The number of aliphatic hydroxyl groups excluding tert-OH is 2. The fraction of sp³-hybridized carbons (Fsp3) is 0.875. The Hall–Kier alpha value is -0.160. The van der Waals surface area contributed by atoms with E-state index in [9.17, 15) is 4.79 Å². The lowest BCUT2D eigenvalue weighted by Crippen LogP contribution is -2.21. The van der Waals surface area contributed by atoms with E-state index in [0.717, 1.165) is 0 Å². The summed E-state index contributed by atoms with van der Waals surface area (Å²) in [5.74, 6) is 0. The number of hydrogen-bond acceptors (Lipinski definition) is 4. The summed E-state index contributed by atoms with van der Waals surface area (Å²) in [7, 11) is 0. The molecule has 0 aliphatic carbocycles. The largest absolute Gasteiger partial charge is 0.394 e. The van der Waals surface area contributed by atoms with Gasteiger partial charge in [0.2, 0.25) is 5.24 Å². The summed E-state index contributed by atoms with van der Waals surface area (Å²) in [6.07, 6.45) is -0.612. The molecule has 0 aliphatic rings. The predicted molar refractivity (Wildman–Crippen MR) is 50.7 cm³/mol. The highest BCUT2D eigenvalue weighted by Crippen LogP contribution is 1.89. The van der Waals surface area contributed by atoms with Crippen molar-refractivity contribution in [3.05, 3.63) is 0 Å². The second kappa shape index (κ2) is 9.92. The molecule has 0 spiro atoms. The van der Waals surface area contributed by atoms with E-state index in [0.29, 0.717) is 0 Å². The normalized spacial score (nSPS) is 11.9. The number of rotatable bonds is 4. The van der Waals surface area contributed by atoms with Crippen LogP contribution in [0.3, 0.4) is 0 Å². The van der Waals surface area contributed by atoms with Crippen LogP contribution in [0.25, 0.3) is 0 Å². The highest BCUT2D eigenvalue weighted by molar-refractivity contribution is 6.62. The molecule has 0 heterocycles. The van der Waals surface area contributed by atoms with Crippen molar-refractivity contribution in [1.29, 1.82) is 0 Å². The van der Waals surface area contributed by atoms with Gasteiger partial charge in [-0.1, -0.05) is 0 Å². The van der Waals surface area contributed by atoms with E-state index in [4.69, 9.17) is 14.9 Å². The third-order valence-corrected chi connectivity index (χ3v) is 0.833. The van der Waals surface area contributed by atoms with E-state index >= 15 is 0 Å². The summed E-state index contributed by atoms with van der Waals surface area (Å²) >= 11 is 4.64. The molecule has 0 rings (SSSR count). The second-order valence-corrected chi connectivity index (χ2v) is 3.22. The molecular formula is C8H17ClO4. The standard InChI is InChI=1S/C6H14O3.C2H3ClO/c1-5(2)9-4-6(8)3-7;1-2(3)4/h5-8H,3-4H2,1-2H3;1H3/t6-;/m0./s1. The minimum absolute atomic E-state index is 0.117. The molecule has 0 aromatic rings. The molecule has 0 unspecified atom stereocenters. The lowest BCUT2D eigenvalue weighted by molar-refractivity contribution is -0.109. The Labute approximate surface area is 83.5 Å². The van der Waals surface area contributed by atoms with Crippen LogP contribution in [0, 0.1) is 0 Å². The molecule has 0 fully saturated rings. The number of carbonyl (C=O) groups is 1. The topological polar surface area (TPSA) is 66.8 Å². The molecule has 4 nitrogen and oxygen atoms in total. The van der Waals surface area contributed by atoms with Gasteiger partial charge in [-0.05, 0) is 25.4 Å². The Morgan fingerprint density at radius 1 is 1.54 bits per heavy atom. The van der Waals surface area contributed by atoms with Crippen LogP contribution < -0.4 is 0 Å². The molecule has 0 aromatic carbocycles. The number of ether oxygens (including phenoxy) is 1. The molecule has 5 heteroatoms. The summed E-state index contributed by atoms with van der Waals surface area (Å²) in [6.45, 7) is 5.04. The number of aliphatic hydroxyl groups is 2. The molecule has 0 aromatic heterocycles. The van der Waals surface area contributed by atoms with Gasteiger partial charge >= 0.3 is 0 Å². The average molecular weight is 213 g/mol. The van der Waals surface area contributed by atoms with Gasteiger partial charge in [0.15, 0.2) is 0 Å². The van der Waals surface area contributed by atoms with Crippen LogP contribution >= 0.6 is 11.6 Å². The van der Waals surface area contributed by atoms with Crippen LogP contribution in [-0.2, 0) is 9.53 Å². The van der Waals surface area contributed by atoms with Crippen LogP contribution in [0.4, 0.5) is 0 Å². The van der Waals surface area contributed by atoms with Crippen molar-refractivity contribution in [2.45, 2.75) is 33.0 Å². The SMILES string of the molecule is CC(=O)Cl.CC(C)OC[C@@H](O)CO. The van der Waals surface area contributed by atoms with Crippen LogP contribution in [0.5, 0.6) is 0 Å². The third kappa shape index (κ3) is 24.5. The summed E-state index contributed by atoms with van der Waals surface area (Å²) in [5, 5.41) is 16.7. The van der Waals surface area contributed by atoms with Crippen LogP contribution in [0.1, 0.15) is 20.8 Å². The Morgan fingerprint density at radius 3 is 2.15 bits per heavy atom. The number of halogens is 1. The molecule has 0 aliphatic heterocycles. The van der Waals surface area contributed by atoms with Gasteiger partial charge in [0.1, 0.15) is 6.10 Å². The zero-order chi connectivity index (χ0) is 10.9. The molecule has 0 saturated carbocycles. The van der Waals surface area contributed by atoms with E-state index in [1.165, 1.54) is 6.92 Å². The van der Waals surface area contributed by atoms with Crippen molar-refractivity contribution >= 4 is 16.8 Å². The summed E-state index contributed by atoms with van der Waals surface area (Å²) < 4.78 is 4.98. The molecular weight excluding hydrogens is 196 g/mol. The number of carbonyl (C=O) groups excluding carboxylic acids is 1. The van der Waals surface area contributed by atoms with Crippen molar-refractivity contribution in [1.82, 2.24) is 0 Å². The summed E-state index contributed by atoms with van der Waals surface area (Å²) in [5.41, 5.74) is 0. The lowest BCUT2D eigenvalue weighted by atomic mass is 10.4. The first kappa shape index (κ1) is 15.3. The fourth-order valence-electron chi connectivity index (χ4n) is 0.356. The molecule has 1 atom stereocenters. The first-order chi connectivity index (χ1) is 5.90. The molecule has 2 N–H and O–H groups in total. The van der Waals surface area contributed by atoms with Crippen molar-refractivity contribution in [2.75, 3.05) is 13.2 Å². The number of hydrogen-bond donors (Lipinski definition) is 2. The van der Waals surface area contributed by atoms with Crippen molar-refractivity contribution < 1.29 is 19.7 Å². The van der Waals surface area contributed by atoms with Gasteiger partial charge in [-0.25, -0.2) is 0 Å². The van der Waals surface area contributed by atoms with E-state index in [1.54, 1.807) is 0 Å². The van der Waals surface area contributed by atoms with Gasteiger partial charge in [-0.15, -0.1) is 0 Å². The first-order valence-corrected chi connectivity index (χ1v) is 4.34. The van der Waals surface area contributed by atoms with Gasteiger partial charge in [0, 0.05) is 6.92 Å². The van der Waals surface area contributed by atoms with Crippen LogP contribution in [0.2, 0.25) is 0 Å². The van der Waals surface area contributed by atoms with Gasteiger partial charge < -0.3 is 14.9 Å². The Morgan fingerprint density at radius 2 is 1.92 bits per heavy atom. The molecule has 80 valence electrons. The van der Waals surface area contributed by atoms with Crippen molar-refractivity contribution in [2.24, 2.45) is 0 Å². The van der Waals surface area contributed by atoms with Crippen LogP contribution in [0.15, 0.2) is 0 Å². The van der Waals surface area contributed by atoms with Crippen molar-refractivity contribution in [3.63, 3.8) is 0 Å². The zero-order valence-electron chi connectivity index (χ0n) is 8.16. The highest BCUT2D eigenvalue weighted by Gasteiger charge is 2.01. The van der Waals surface area contributed by atoms with Gasteiger partial charge in [0.05, 0.1) is 19.3 Å². The Kier molecular flexibility index (Phi) is 11.7. The lowest BCUT2D eigenvalue weighted by Gasteiger charge is -2.10. The van der Waals surface area contributed by atoms with Gasteiger partial charge in [-0.2, -0.15) is 0 Å². The molecule has 0 amide bonds. The fourth-order valence-corrected chi connectivity index (χ4v) is 0.356. The first-order valence-electron chi connectivity index (χ1n) is 3.96. The second-order valence-electron chi connectivity index (χ2n) is 2.69. The third-order valence-electron chi connectivity index (χ3n) is 0.833. The Bertz CT molecular complexity index is 123. The quantitative estimate of drug-likeness (QED) is 0.668. The monoisotopic (exact) mass is 212 g/mol. The highest BCUT2D eigenvalue weighted by atomic mass is 35.5. The molecule has 0 saturated heterocycles. The summed E-state index contributed by atoms with van der Waals surface area (Å²) in [4.78, 5) is 9.21. The maximum atomic E-state index is 9.21. The van der Waals surface area contributed by atoms with E-state index in [-0.39, 0.29) is 24.6 Å². The summed E-state index contributed by atoms with van der Waals surface area (Å²) in [6, 6.07) is 0. The zero-order valence-corrected chi connectivity index (χ0v) is 8.91. The van der Waals surface area contributed by atoms with Gasteiger partial charge in [0.25, 0.3) is 0 Å². The van der Waals surface area contributed by atoms with E-state index < -0.39 is 6.10 Å². The van der Waals surface area contributed by atoms with E-state index in [2.05, 4.69) is 11.6 Å². The molecule has 0 radical (unpaired) electrons. The maximum absolute atomic E-state index is 9.21. The van der Waals surface area contributed by atoms with Gasteiger partial charge in [-0.3, -0.25) is 4.79 Å². The Balaban J connectivity index is 0. The maximum Gasteiger partial charge on any atom is 0.218 e. The van der Waals surface area contributed by atoms with Crippen molar-refractivity contribution in [3.8, 4) is 0 Å². The molecule has 13 heavy (non-hydrogen) atoms. The smallest absolute Gasteiger partial charge is 0.218 e. The van der Waals surface area contributed by atoms with Crippen LogP contribution in [-0.4, -0.2) is 40.9 Å². The van der Waals surface area contributed by atoms with E-state index in [1.807, 2.05) is 13.8 Å². The minimum Gasteiger partial charge on any atom is -0.394 e.